The van der Waals surface area contributed by atoms with Crippen LogP contribution >= 0.6 is 0 Å². The Morgan fingerprint density at radius 1 is 1.43 bits per heavy atom. The second-order valence-electron chi connectivity index (χ2n) is 5.37. The van der Waals surface area contributed by atoms with Crippen molar-refractivity contribution in [3.05, 3.63) is 30.0 Å². The van der Waals surface area contributed by atoms with Crippen molar-refractivity contribution in [2.75, 3.05) is 13.2 Å². The molecule has 0 aliphatic rings. The van der Waals surface area contributed by atoms with Crippen LogP contribution in [0.4, 0.5) is 0 Å². The summed E-state index contributed by atoms with van der Waals surface area (Å²) in [5.41, 5.74) is 0.534. The first-order chi connectivity index (χ1) is 9.97. The van der Waals surface area contributed by atoms with Gasteiger partial charge in [0.2, 0.25) is 0 Å². The SMILES string of the molecule is CC(=O)c1cc2cccc(OC[C@H](O)CNC(C)C)c2o1. The Kier molecular flexibility index (Phi) is 4.98. The van der Waals surface area contributed by atoms with Crippen LogP contribution in [0.1, 0.15) is 31.3 Å². The monoisotopic (exact) mass is 291 g/mol. The number of carbonyl (C=O) groups excluding carboxylic acids is 1. The zero-order valence-corrected chi connectivity index (χ0v) is 12.6. The number of benzene rings is 1. The van der Waals surface area contributed by atoms with E-state index in [1.165, 1.54) is 6.92 Å². The lowest BCUT2D eigenvalue weighted by atomic mass is 10.2. The summed E-state index contributed by atoms with van der Waals surface area (Å²) in [6, 6.07) is 7.45. The van der Waals surface area contributed by atoms with Crippen LogP contribution in [0.25, 0.3) is 11.0 Å². The fourth-order valence-electron chi connectivity index (χ4n) is 1.94. The van der Waals surface area contributed by atoms with E-state index in [-0.39, 0.29) is 12.4 Å². The molecule has 1 aromatic heterocycles. The number of rotatable bonds is 7. The van der Waals surface area contributed by atoms with E-state index in [9.17, 15) is 9.90 Å². The molecule has 0 aliphatic carbocycles. The molecule has 5 nitrogen and oxygen atoms in total. The van der Waals surface area contributed by atoms with Crippen molar-refractivity contribution in [2.45, 2.75) is 32.9 Å². The van der Waals surface area contributed by atoms with Crippen LogP contribution in [-0.4, -0.2) is 36.2 Å². The first-order valence-electron chi connectivity index (χ1n) is 7.05. The Balaban J connectivity index is 2.06. The lowest BCUT2D eigenvalue weighted by molar-refractivity contribution is 0.0985. The minimum Gasteiger partial charge on any atom is -0.487 e. The summed E-state index contributed by atoms with van der Waals surface area (Å²) in [6.45, 7) is 6.11. The average Bonchev–Trinajstić information content (AvgIpc) is 2.87. The topological polar surface area (TPSA) is 71.7 Å². The van der Waals surface area contributed by atoms with Gasteiger partial charge in [0.25, 0.3) is 0 Å². The molecule has 1 atom stereocenters. The number of ketones is 1. The summed E-state index contributed by atoms with van der Waals surface area (Å²) in [7, 11) is 0. The molecule has 21 heavy (non-hydrogen) atoms. The summed E-state index contributed by atoms with van der Waals surface area (Å²) in [5, 5.41) is 13.8. The number of ether oxygens (including phenoxy) is 1. The van der Waals surface area contributed by atoms with E-state index in [1.54, 1.807) is 12.1 Å². The molecule has 1 aromatic carbocycles. The van der Waals surface area contributed by atoms with Crippen molar-refractivity contribution in [1.29, 1.82) is 0 Å². The highest BCUT2D eigenvalue weighted by molar-refractivity contribution is 5.97. The number of aliphatic hydroxyl groups excluding tert-OH is 1. The highest BCUT2D eigenvalue weighted by Crippen LogP contribution is 2.29. The Morgan fingerprint density at radius 3 is 2.86 bits per heavy atom. The van der Waals surface area contributed by atoms with Gasteiger partial charge in [0.1, 0.15) is 12.7 Å². The first-order valence-corrected chi connectivity index (χ1v) is 7.05. The first kappa shape index (κ1) is 15.5. The molecular formula is C16H21NO4. The van der Waals surface area contributed by atoms with Crippen molar-refractivity contribution in [3.8, 4) is 5.75 Å². The number of hydrogen-bond acceptors (Lipinski definition) is 5. The standard InChI is InChI=1S/C16H21NO4/c1-10(2)17-8-13(19)9-20-14-6-4-5-12-7-15(11(3)18)21-16(12)14/h4-7,10,13,17,19H,8-9H2,1-3H3/t13-/m1/s1. The van der Waals surface area contributed by atoms with Gasteiger partial charge in [-0.15, -0.1) is 0 Å². The number of fused-ring (bicyclic) bond motifs is 1. The quantitative estimate of drug-likeness (QED) is 0.766. The third-order valence-corrected chi connectivity index (χ3v) is 3.05. The molecule has 0 bridgehead atoms. The van der Waals surface area contributed by atoms with Crippen LogP contribution in [-0.2, 0) is 0 Å². The van der Waals surface area contributed by atoms with Gasteiger partial charge in [-0.1, -0.05) is 26.0 Å². The van der Waals surface area contributed by atoms with Gasteiger partial charge in [0.15, 0.2) is 22.9 Å². The van der Waals surface area contributed by atoms with E-state index in [2.05, 4.69) is 5.32 Å². The molecule has 0 amide bonds. The molecule has 0 fully saturated rings. The number of Topliss-reactive ketones (excluding diaryl/α,β-unsaturated/α-hetero) is 1. The lowest BCUT2D eigenvalue weighted by Gasteiger charge is -2.15. The molecule has 0 spiro atoms. The molecule has 0 radical (unpaired) electrons. The molecule has 0 aliphatic heterocycles. The van der Waals surface area contributed by atoms with Gasteiger partial charge in [0, 0.05) is 24.9 Å². The number of carbonyl (C=O) groups is 1. The van der Waals surface area contributed by atoms with E-state index in [0.717, 1.165) is 5.39 Å². The molecule has 1 heterocycles. The maximum atomic E-state index is 11.4. The summed E-state index contributed by atoms with van der Waals surface area (Å²) in [4.78, 5) is 11.4. The number of hydrogen-bond donors (Lipinski definition) is 2. The average molecular weight is 291 g/mol. The largest absolute Gasteiger partial charge is 0.487 e. The maximum absolute atomic E-state index is 11.4. The number of nitrogens with one attached hydrogen (secondary N) is 1. The number of para-hydroxylation sites is 1. The van der Waals surface area contributed by atoms with E-state index >= 15 is 0 Å². The summed E-state index contributed by atoms with van der Waals surface area (Å²) in [5.74, 6) is 0.713. The van der Waals surface area contributed by atoms with Crippen molar-refractivity contribution in [1.82, 2.24) is 5.32 Å². The molecule has 2 aromatic rings. The molecule has 114 valence electrons. The minimum atomic E-state index is -0.607. The van der Waals surface area contributed by atoms with Gasteiger partial charge in [-0.3, -0.25) is 4.79 Å². The van der Waals surface area contributed by atoms with Crippen LogP contribution in [0, 0.1) is 0 Å². The molecule has 2 N–H and O–H groups in total. The van der Waals surface area contributed by atoms with Crippen molar-refractivity contribution < 1.29 is 19.1 Å². The van der Waals surface area contributed by atoms with Gasteiger partial charge in [0.05, 0.1) is 0 Å². The molecular weight excluding hydrogens is 270 g/mol. The van der Waals surface area contributed by atoms with Gasteiger partial charge < -0.3 is 19.6 Å². The van der Waals surface area contributed by atoms with Crippen molar-refractivity contribution in [2.24, 2.45) is 0 Å². The molecule has 0 unspecified atom stereocenters. The lowest BCUT2D eigenvalue weighted by Crippen LogP contribution is -2.35. The Bertz CT molecular complexity index is 618. The normalized spacial score (nSPS) is 12.8. The minimum absolute atomic E-state index is 0.127. The summed E-state index contributed by atoms with van der Waals surface area (Å²) < 4.78 is 11.1. The molecule has 2 rings (SSSR count). The number of furan rings is 1. The Labute approximate surface area is 123 Å². The van der Waals surface area contributed by atoms with Crippen LogP contribution in [0.3, 0.4) is 0 Å². The van der Waals surface area contributed by atoms with Crippen molar-refractivity contribution in [3.63, 3.8) is 0 Å². The Hall–Kier alpha value is -1.85. The highest BCUT2D eigenvalue weighted by Gasteiger charge is 2.13. The second-order valence-corrected chi connectivity index (χ2v) is 5.37. The molecule has 5 heteroatoms. The van der Waals surface area contributed by atoms with Gasteiger partial charge in [-0.05, 0) is 12.1 Å². The third-order valence-electron chi connectivity index (χ3n) is 3.05. The second kappa shape index (κ2) is 6.74. The highest BCUT2D eigenvalue weighted by atomic mass is 16.5. The summed E-state index contributed by atoms with van der Waals surface area (Å²) in [6.07, 6.45) is -0.607. The van der Waals surface area contributed by atoms with E-state index in [0.29, 0.717) is 29.7 Å². The van der Waals surface area contributed by atoms with Crippen LogP contribution < -0.4 is 10.1 Å². The molecule has 0 saturated heterocycles. The Morgan fingerprint density at radius 2 is 2.19 bits per heavy atom. The third kappa shape index (κ3) is 4.06. The van der Waals surface area contributed by atoms with Crippen LogP contribution in [0.15, 0.2) is 28.7 Å². The van der Waals surface area contributed by atoms with Crippen molar-refractivity contribution >= 4 is 16.8 Å². The zero-order valence-electron chi connectivity index (χ0n) is 12.6. The summed E-state index contributed by atoms with van der Waals surface area (Å²) >= 11 is 0. The van der Waals surface area contributed by atoms with Crippen LogP contribution in [0.2, 0.25) is 0 Å². The smallest absolute Gasteiger partial charge is 0.194 e. The van der Waals surface area contributed by atoms with E-state index < -0.39 is 6.10 Å². The number of aliphatic hydroxyl groups is 1. The fourth-order valence-corrected chi connectivity index (χ4v) is 1.94. The predicted octanol–water partition coefficient (Wildman–Crippen LogP) is 2.37. The maximum Gasteiger partial charge on any atom is 0.194 e. The molecule has 0 saturated carbocycles. The fraction of sp³-hybridized carbons (Fsp3) is 0.438. The van der Waals surface area contributed by atoms with Gasteiger partial charge in [-0.2, -0.15) is 0 Å². The van der Waals surface area contributed by atoms with E-state index in [4.69, 9.17) is 9.15 Å². The predicted molar refractivity (Wildman–Crippen MR) is 80.9 cm³/mol. The van der Waals surface area contributed by atoms with E-state index in [1.807, 2.05) is 26.0 Å². The van der Waals surface area contributed by atoms with Gasteiger partial charge in [-0.25, -0.2) is 0 Å². The van der Waals surface area contributed by atoms with Gasteiger partial charge >= 0.3 is 0 Å². The van der Waals surface area contributed by atoms with Crippen LogP contribution in [0.5, 0.6) is 5.75 Å². The zero-order chi connectivity index (χ0) is 15.4.